The number of piperazine rings is 1. The lowest BCUT2D eigenvalue weighted by Crippen LogP contribution is -2.49. The normalized spacial score (nSPS) is 25.2. The SMILES string of the molecule is Cc1c(N2CCC[C@H]2[C@@H]2CC[C@@H](CC(=O)N3CCN(c4ccc(Cl)cn4)CC3)O2)cn[nH]c1=O. The maximum absolute atomic E-state index is 13.0. The summed E-state index contributed by atoms with van der Waals surface area (Å²) in [5.74, 6) is 1.05. The van der Waals surface area contributed by atoms with Gasteiger partial charge in [-0.3, -0.25) is 9.59 Å². The minimum Gasteiger partial charge on any atom is -0.372 e. The van der Waals surface area contributed by atoms with Crippen molar-refractivity contribution in [2.75, 3.05) is 42.5 Å². The van der Waals surface area contributed by atoms with E-state index in [0.717, 1.165) is 56.8 Å². The lowest BCUT2D eigenvalue weighted by atomic mass is 10.0. The van der Waals surface area contributed by atoms with Crippen molar-refractivity contribution >= 4 is 29.0 Å². The van der Waals surface area contributed by atoms with Crippen molar-refractivity contribution in [1.82, 2.24) is 20.1 Å². The first-order chi connectivity index (χ1) is 16.5. The lowest BCUT2D eigenvalue weighted by molar-refractivity contribution is -0.134. The molecule has 9 nitrogen and oxygen atoms in total. The van der Waals surface area contributed by atoms with Crippen molar-refractivity contribution in [3.8, 4) is 0 Å². The van der Waals surface area contributed by atoms with E-state index in [4.69, 9.17) is 16.3 Å². The Morgan fingerprint density at radius 1 is 1.15 bits per heavy atom. The van der Waals surface area contributed by atoms with Crippen LogP contribution in [0.3, 0.4) is 0 Å². The molecule has 1 amide bonds. The third-order valence-corrected chi connectivity index (χ3v) is 7.55. The Bertz CT molecular complexity index is 1070. The molecule has 0 aliphatic carbocycles. The van der Waals surface area contributed by atoms with Crippen molar-refractivity contribution in [3.63, 3.8) is 0 Å². The number of aromatic nitrogens is 3. The topological polar surface area (TPSA) is 94.7 Å². The van der Waals surface area contributed by atoms with Crippen LogP contribution in [0.4, 0.5) is 11.5 Å². The fraction of sp³-hybridized carbons (Fsp3) is 0.583. The van der Waals surface area contributed by atoms with E-state index in [0.29, 0.717) is 30.1 Å². The van der Waals surface area contributed by atoms with E-state index < -0.39 is 0 Å². The summed E-state index contributed by atoms with van der Waals surface area (Å²) in [5, 5.41) is 7.13. The second-order valence-electron chi connectivity index (χ2n) is 9.39. The Morgan fingerprint density at radius 2 is 1.97 bits per heavy atom. The summed E-state index contributed by atoms with van der Waals surface area (Å²) in [6.45, 7) is 5.62. The molecular formula is C24H31ClN6O3. The number of hydrogen-bond acceptors (Lipinski definition) is 7. The van der Waals surface area contributed by atoms with Gasteiger partial charge >= 0.3 is 0 Å². The van der Waals surface area contributed by atoms with Gasteiger partial charge in [0.25, 0.3) is 5.56 Å². The van der Waals surface area contributed by atoms with E-state index >= 15 is 0 Å². The van der Waals surface area contributed by atoms with Gasteiger partial charge in [0, 0.05) is 44.5 Å². The van der Waals surface area contributed by atoms with Gasteiger partial charge in [0.15, 0.2) is 0 Å². The third-order valence-electron chi connectivity index (χ3n) is 7.33. The van der Waals surface area contributed by atoms with Gasteiger partial charge in [-0.25, -0.2) is 10.1 Å². The van der Waals surface area contributed by atoms with Gasteiger partial charge in [0.1, 0.15) is 5.82 Å². The summed E-state index contributed by atoms with van der Waals surface area (Å²) in [5.41, 5.74) is 1.44. The van der Waals surface area contributed by atoms with Crippen LogP contribution in [0.15, 0.2) is 29.3 Å². The first-order valence-electron chi connectivity index (χ1n) is 12.1. The lowest BCUT2D eigenvalue weighted by Gasteiger charge is -2.36. The highest BCUT2D eigenvalue weighted by Crippen LogP contribution is 2.35. The molecule has 3 aliphatic rings. The molecule has 3 fully saturated rings. The van der Waals surface area contributed by atoms with Gasteiger partial charge in [-0.2, -0.15) is 5.10 Å². The second-order valence-corrected chi connectivity index (χ2v) is 9.83. The zero-order chi connectivity index (χ0) is 23.7. The molecule has 1 N–H and O–H groups in total. The van der Waals surface area contributed by atoms with Crippen LogP contribution in [0, 0.1) is 6.92 Å². The molecule has 5 rings (SSSR count). The number of carbonyl (C=O) groups excluding carboxylic acids is 1. The zero-order valence-electron chi connectivity index (χ0n) is 19.5. The summed E-state index contributed by atoms with van der Waals surface area (Å²) >= 11 is 5.94. The van der Waals surface area contributed by atoms with E-state index in [9.17, 15) is 9.59 Å². The molecule has 5 heterocycles. The Labute approximate surface area is 204 Å². The average molecular weight is 487 g/mol. The number of rotatable bonds is 5. The first-order valence-corrected chi connectivity index (χ1v) is 12.5. The number of H-pyrrole nitrogens is 1. The monoisotopic (exact) mass is 486 g/mol. The number of pyridine rings is 1. The van der Waals surface area contributed by atoms with Crippen LogP contribution >= 0.6 is 11.6 Å². The Morgan fingerprint density at radius 3 is 2.74 bits per heavy atom. The molecule has 34 heavy (non-hydrogen) atoms. The van der Waals surface area contributed by atoms with Crippen LogP contribution in [-0.4, -0.2) is 77.0 Å². The van der Waals surface area contributed by atoms with E-state index in [1.165, 1.54) is 0 Å². The van der Waals surface area contributed by atoms with Crippen molar-refractivity contribution in [2.45, 2.75) is 57.3 Å². The number of anilines is 2. The van der Waals surface area contributed by atoms with Gasteiger partial charge in [0.2, 0.25) is 5.91 Å². The molecule has 3 atom stereocenters. The van der Waals surface area contributed by atoms with Gasteiger partial charge in [-0.15, -0.1) is 0 Å². The molecule has 10 heteroatoms. The fourth-order valence-corrected chi connectivity index (χ4v) is 5.56. The van der Waals surface area contributed by atoms with Crippen LogP contribution < -0.4 is 15.4 Å². The Balaban J connectivity index is 1.14. The van der Waals surface area contributed by atoms with E-state index in [1.807, 2.05) is 24.0 Å². The minimum atomic E-state index is -0.147. The van der Waals surface area contributed by atoms with Crippen molar-refractivity contribution in [2.24, 2.45) is 0 Å². The van der Waals surface area contributed by atoms with Gasteiger partial charge < -0.3 is 19.4 Å². The van der Waals surface area contributed by atoms with Crippen molar-refractivity contribution in [3.05, 3.63) is 45.5 Å². The molecule has 0 unspecified atom stereocenters. The molecule has 2 aromatic rings. The number of aromatic amines is 1. The van der Waals surface area contributed by atoms with Crippen LogP contribution in [0.25, 0.3) is 0 Å². The maximum Gasteiger partial charge on any atom is 0.269 e. The zero-order valence-corrected chi connectivity index (χ0v) is 20.2. The second kappa shape index (κ2) is 9.92. The Kier molecular flexibility index (Phi) is 6.74. The molecule has 3 saturated heterocycles. The van der Waals surface area contributed by atoms with Crippen molar-refractivity contribution < 1.29 is 9.53 Å². The van der Waals surface area contributed by atoms with Crippen LogP contribution in [0.5, 0.6) is 0 Å². The smallest absolute Gasteiger partial charge is 0.269 e. The standard InChI is InChI=1S/C24H31ClN6O3/c1-16-20(15-27-28-24(16)33)31-8-2-3-19(31)21-6-5-18(34-21)13-23(32)30-11-9-29(10-12-30)22-7-4-17(25)14-26-22/h4,7,14-15,18-19,21H,2-3,5-6,8-13H2,1H3,(H,28,33)/t18-,19-,21-/m0/s1. The highest BCUT2D eigenvalue weighted by Gasteiger charge is 2.39. The molecule has 0 radical (unpaired) electrons. The van der Waals surface area contributed by atoms with Gasteiger partial charge in [-0.1, -0.05) is 11.6 Å². The Hall–Kier alpha value is -2.65. The molecule has 0 aromatic carbocycles. The highest BCUT2D eigenvalue weighted by atomic mass is 35.5. The van der Waals surface area contributed by atoms with Crippen molar-refractivity contribution in [1.29, 1.82) is 0 Å². The number of halogens is 1. The molecule has 182 valence electrons. The number of hydrogen-bond donors (Lipinski definition) is 1. The molecule has 0 bridgehead atoms. The summed E-state index contributed by atoms with van der Waals surface area (Å²) in [4.78, 5) is 35.8. The third kappa shape index (κ3) is 4.77. The molecule has 0 saturated carbocycles. The number of amides is 1. The van der Waals surface area contributed by atoms with E-state index in [-0.39, 0.29) is 29.7 Å². The van der Waals surface area contributed by atoms with Crippen LogP contribution in [0.1, 0.15) is 37.7 Å². The minimum absolute atomic E-state index is 0.0469. The van der Waals surface area contributed by atoms with E-state index in [2.05, 4.69) is 25.0 Å². The molecule has 0 spiro atoms. The molecular weight excluding hydrogens is 456 g/mol. The quantitative estimate of drug-likeness (QED) is 0.693. The number of carbonyl (C=O) groups is 1. The summed E-state index contributed by atoms with van der Waals surface area (Å²) in [7, 11) is 0. The largest absolute Gasteiger partial charge is 0.372 e. The average Bonchev–Trinajstić information content (AvgIpc) is 3.51. The highest BCUT2D eigenvalue weighted by molar-refractivity contribution is 6.30. The predicted octanol–water partition coefficient (Wildman–Crippen LogP) is 2.38. The summed E-state index contributed by atoms with van der Waals surface area (Å²) < 4.78 is 6.40. The number of nitrogens with zero attached hydrogens (tertiary/aromatic N) is 5. The number of nitrogens with one attached hydrogen (secondary N) is 1. The van der Waals surface area contributed by atoms with Crippen LogP contribution in [0.2, 0.25) is 5.02 Å². The molecule has 3 aliphatic heterocycles. The van der Waals surface area contributed by atoms with E-state index in [1.54, 1.807) is 12.4 Å². The first kappa shape index (κ1) is 23.1. The van der Waals surface area contributed by atoms with Crippen LogP contribution in [-0.2, 0) is 9.53 Å². The summed E-state index contributed by atoms with van der Waals surface area (Å²) in [6, 6.07) is 3.98. The van der Waals surface area contributed by atoms with Gasteiger partial charge in [0.05, 0.1) is 41.6 Å². The predicted molar refractivity (Wildman–Crippen MR) is 131 cm³/mol. The molecule has 2 aromatic heterocycles. The maximum atomic E-state index is 13.0. The number of ether oxygens (including phenoxy) is 1. The fourth-order valence-electron chi connectivity index (χ4n) is 5.45. The summed E-state index contributed by atoms with van der Waals surface area (Å²) in [6.07, 6.45) is 7.76. The van der Waals surface area contributed by atoms with Gasteiger partial charge in [-0.05, 0) is 44.7 Å².